The first-order valence-corrected chi connectivity index (χ1v) is 12.2. The van der Waals surface area contributed by atoms with E-state index in [2.05, 4.69) is 43.8 Å². The zero-order chi connectivity index (χ0) is 21.9. The van der Waals surface area contributed by atoms with Crippen molar-refractivity contribution < 1.29 is 4.74 Å². The minimum Gasteiger partial charge on any atom is -0.379 e. The van der Waals surface area contributed by atoms with E-state index in [-0.39, 0.29) is 0 Å². The van der Waals surface area contributed by atoms with Crippen LogP contribution in [-0.4, -0.2) is 40.6 Å². The van der Waals surface area contributed by atoms with Gasteiger partial charge in [-0.25, -0.2) is 14.3 Å². The maximum atomic E-state index is 6.26. The van der Waals surface area contributed by atoms with Gasteiger partial charge >= 0.3 is 0 Å². The van der Waals surface area contributed by atoms with Crippen molar-refractivity contribution in [3.05, 3.63) is 76.2 Å². The number of anilines is 2. The SMILES string of the molecule is Clc1ccc2c(Nc3cccc(SN4CCOCC4)c3)nc(-c3ccc(Br)cc3)nc2c1. The first-order valence-electron chi connectivity index (χ1n) is 10.2. The molecule has 5 rings (SSSR count). The Labute approximate surface area is 204 Å². The van der Waals surface area contributed by atoms with E-state index in [1.54, 1.807) is 11.9 Å². The number of hydrogen-bond donors (Lipinski definition) is 1. The Morgan fingerprint density at radius 2 is 1.78 bits per heavy atom. The normalized spacial score (nSPS) is 14.6. The van der Waals surface area contributed by atoms with Crippen LogP contribution in [0.1, 0.15) is 0 Å². The molecule has 0 saturated carbocycles. The number of nitrogens with zero attached hydrogens (tertiary/aromatic N) is 3. The van der Waals surface area contributed by atoms with Crippen molar-refractivity contribution in [1.29, 1.82) is 0 Å². The number of benzene rings is 3. The number of ether oxygens (including phenoxy) is 1. The van der Waals surface area contributed by atoms with Crippen LogP contribution in [0.5, 0.6) is 0 Å². The van der Waals surface area contributed by atoms with Crippen molar-refractivity contribution >= 4 is 61.9 Å². The van der Waals surface area contributed by atoms with Crippen molar-refractivity contribution in [3.8, 4) is 11.4 Å². The molecule has 0 aliphatic carbocycles. The van der Waals surface area contributed by atoms with Crippen molar-refractivity contribution in [2.75, 3.05) is 31.6 Å². The fourth-order valence-corrected chi connectivity index (χ4v) is 4.86. The number of morpholine rings is 1. The standard InChI is InChI=1S/C24H20BrClN4OS/c25-17-6-4-16(5-7-17)23-28-22-14-18(26)8-9-21(22)24(29-23)27-19-2-1-3-20(15-19)32-30-10-12-31-13-11-30/h1-9,14-15H,10-13H2,(H,27,28,29). The predicted molar refractivity (Wildman–Crippen MR) is 136 cm³/mol. The van der Waals surface area contributed by atoms with E-state index in [0.29, 0.717) is 10.8 Å². The third kappa shape index (κ3) is 5.08. The molecular formula is C24H20BrClN4OS. The second kappa shape index (κ2) is 9.77. The Balaban J connectivity index is 1.49. The Morgan fingerprint density at radius 3 is 2.59 bits per heavy atom. The fourth-order valence-electron chi connectivity index (χ4n) is 3.48. The summed E-state index contributed by atoms with van der Waals surface area (Å²) in [5.41, 5.74) is 2.71. The van der Waals surface area contributed by atoms with Gasteiger partial charge in [0.25, 0.3) is 0 Å². The van der Waals surface area contributed by atoms with Gasteiger partial charge in [0.1, 0.15) is 5.82 Å². The predicted octanol–water partition coefficient (Wildman–Crippen LogP) is 6.80. The number of aromatic nitrogens is 2. The van der Waals surface area contributed by atoms with Crippen molar-refractivity contribution in [2.24, 2.45) is 0 Å². The Bertz CT molecular complexity index is 1250. The molecule has 1 aliphatic rings. The van der Waals surface area contributed by atoms with E-state index in [0.717, 1.165) is 58.7 Å². The van der Waals surface area contributed by atoms with Gasteiger partial charge in [0.15, 0.2) is 5.82 Å². The highest BCUT2D eigenvalue weighted by molar-refractivity contribution is 9.10. The van der Waals surface area contributed by atoms with Crippen LogP contribution in [0, 0.1) is 0 Å². The lowest BCUT2D eigenvalue weighted by molar-refractivity contribution is 0.0773. The number of hydrogen-bond acceptors (Lipinski definition) is 6. The van der Waals surface area contributed by atoms with Gasteiger partial charge in [0.05, 0.1) is 18.7 Å². The molecule has 32 heavy (non-hydrogen) atoms. The summed E-state index contributed by atoms with van der Waals surface area (Å²) < 4.78 is 8.79. The molecule has 0 atom stereocenters. The summed E-state index contributed by atoms with van der Waals surface area (Å²) in [6.45, 7) is 3.41. The van der Waals surface area contributed by atoms with Crippen LogP contribution < -0.4 is 5.32 Å². The van der Waals surface area contributed by atoms with Gasteiger partial charge < -0.3 is 10.1 Å². The zero-order valence-corrected chi connectivity index (χ0v) is 20.3. The van der Waals surface area contributed by atoms with Crippen LogP contribution in [0.2, 0.25) is 5.02 Å². The number of nitrogens with one attached hydrogen (secondary N) is 1. The van der Waals surface area contributed by atoms with E-state index < -0.39 is 0 Å². The van der Waals surface area contributed by atoms with Gasteiger partial charge in [0.2, 0.25) is 0 Å². The summed E-state index contributed by atoms with van der Waals surface area (Å²) in [6.07, 6.45) is 0. The number of fused-ring (bicyclic) bond motifs is 1. The van der Waals surface area contributed by atoms with Crippen molar-refractivity contribution in [2.45, 2.75) is 4.90 Å². The summed E-state index contributed by atoms with van der Waals surface area (Å²) in [5.74, 6) is 1.40. The van der Waals surface area contributed by atoms with Crippen LogP contribution in [0.4, 0.5) is 11.5 Å². The molecule has 1 saturated heterocycles. The molecule has 0 amide bonds. The van der Waals surface area contributed by atoms with E-state index >= 15 is 0 Å². The summed E-state index contributed by atoms with van der Waals surface area (Å²) >= 11 is 11.5. The lowest BCUT2D eigenvalue weighted by Gasteiger charge is -2.25. The summed E-state index contributed by atoms with van der Waals surface area (Å²) in [6, 6.07) is 22.0. The molecule has 1 aliphatic heterocycles. The minimum atomic E-state index is 0.646. The van der Waals surface area contributed by atoms with Gasteiger partial charge in [-0.2, -0.15) is 0 Å². The van der Waals surface area contributed by atoms with Gasteiger partial charge in [0, 0.05) is 44.1 Å². The van der Waals surface area contributed by atoms with Gasteiger partial charge in [-0.05, 0) is 60.5 Å². The third-order valence-corrected chi connectivity index (χ3v) is 6.91. The molecule has 0 unspecified atom stereocenters. The molecule has 8 heteroatoms. The quantitative estimate of drug-likeness (QED) is 0.288. The molecule has 1 N–H and O–H groups in total. The summed E-state index contributed by atoms with van der Waals surface area (Å²) in [7, 11) is 0. The Kier molecular flexibility index (Phi) is 6.62. The number of rotatable bonds is 5. The topological polar surface area (TPSA) is 50.3 Å². The highest BCUT2D eigenvalue weighted by Crippen LogP contribution is 2.31. The van der Waals surface area contributed by atoms with Crippen molar-refractivity contribution in [3.63, 3.8) is 0 Å². The largest absolute Gasteiger partial charge is 0.379 e. The van der Waals surface area contributed by atoms with E-state index in [1.165, 1.54) is 4.90 Å². The molecule has 4 aromatic rings. The lowest BCUT2D eigenvalue weighted by atomic mass is 10.2. The molecule has 1 aromatic heterocycles. The second-order valence-electron chi connectivity index (χ2n) is 7.35. The van der Waals surface area contributed by atoms with Gasteiger partial charge in [-0.15, -0.1) is 0 Å². The maximum Gasteiger partial charge on any atom is 0.162 e. The molecular weight excluding hydrogens is 508 g/mol. The van der Waals surface area contributed by atoms with E-state index in [9.17, 15) is 0 Å². The molecule has 0 bridgehead atoms. The average molecular weight is 528 g/mol. The maximum absolute atomic E-state index is 6.26. The number of halogens is 2. The molecule has 1 fully saturated rings. The molecule has 2 heterocycles. The first-order chi connectivity index (χ1) is 15.6. The molecule has 0 radical (unpaired) electrons. The minimum absolute atomic E-state index is 0.646. The van der Waals surface area contributed by atoms with Crippen molar-refractivity contribution in [1.82, 2.24) is 14.3 Å². The smallest absolute Gasteiger partial charge is 0.162 e. The molecule has 5 nitrogen and oxygen atoms in total. The van der Waals surface area contributed by atoms with E-state index in [1.807, 2.05) is 48.5 Å². The van der Waals surface area contributed by atoms with Crippen LogP contribution in [0.25, 0.3) is 22.3 Å². The van der Waals surface area contributed by atoms with Crippen LogP contribution in [0.15, 0.2) is 76.1 Å². The lowest BCUT2D eigenvalue weighted by Crippen LogP contribution is -2.30. The summed E-state index contributed by atoms with van der Waals surface area (Å²) in [4.78, 5) is 10.8. The third-order valence-electron chi connectivity index (χ3n) is 5.06. The monoisotopic (exact) mass is 526 g/mol. The Hall–Kier alpha value is -2.16. The van der Waals surface area contributed by atoms with Crippen LogP contribution >= 0.6 is 39.5 Å². The molecule has 0 spiro atoms. The van der Waals surface area contributed by atoms with Gasteiger partial charge in [-0.3, -0.25) is 0 Å². The first kappa shape index (κ1) is 21.7. The Morgan fingerprint density at radius 1 is 0.969 bits per heavy atom. The average Bonchev–Trinajstić information content (AvgIpc) is 2.80. The van der Waals surface area contributed by atoms with Gasteiger partial charge in [-0.1, -0.05) is 45.7 Å². The fraction of sp³-hybridized carbons (Fsp3) is 0.167. The molecule has 162 valence electrons. The van der Waals surface area contributed by atoms with Crippen LogP contribution in [-0.2, 0) is 4.74 Å². The summed E-state index contributed by atoms with van der Waals surface area (Å²) in [5, 5.41) is 5.07. The highest BCUT2D eigenvalue weighted by Gasteiger charge is 2.13. The zero-order valence-electron chi connectivity index (χ0n) is 17.1. The molecule has 3 aromatic carbocycles. The second-order valence-corrected chi connectivity index (χ2v) is 9.87. The van der Waals surface area contributed by atoms with Crippen LogP contribution in [0.3, 0.4) is 0 Å². The highest BCUT2D eigenvalue weighted by atomic mass is 79.9. The van der Waals surface area contributed by atoms with E-state index in [4.69, 9.17) is 26.3 Å².